The van der Waals surface area contributed by atoms with Crippen molar-refractivity contribution >= 4 is 0 Å². The van der Waals surface area contributed by atoms with Crippen molar-refractivity contribution in [1.29, 1.82) is 0 Å². The minimum absolute atomic E-state index is 1.28. The average molecular weight is 210 g/mol. The number of allylic oxidation sites excluding steroid dienone is 2. The Morgan fingerprint density at radius 2 is 1.13 bits per heavy atom. The van der Waals surface area contributed by atoms with Crippen LogP contribution in [0.25, 0.3) is 0 Å². The molecule has 0 saturated heterocycles. The van der Waals surface area contributed by atoms with Crippen LogP contribution >= 0.6 is 0 Å². The van der Waals surface area contributed by atoms with Crippen LogP contribution in [0.1, 0.15) is 84.5 Å². The van der Waals surface area contributed by atoms with E-state index >= 15 is 0 Å². The molecule has 0 N–H and O–H groups in total. The number of hydrogen-bond donors (Lipinski definition) is 0. The van der Waals surface area contributed by atoms with Gasteiger partial charge in [-0.1, -0.05) is 76.9 Å². The van der Waals surface area contributed by atoms with Gasteiger partial charge in [0.2, 0.25) is 0 Å². The lowest BCUT2D eigenvalue weighted by atomic mass is 10.1. The van der Waals surface area contributed by atoms with Crippen LogP contribution in [0.4, 0.5) is 0 Å². The fourth-order valence-corrected chi connectivity index (χ4v) is 1.92. The third-order valence-corrected chi connectivity index (χ3v) is 2.96. The SMILES string of the molecule is CC=CCCCCCCCCCCCC. The predicted molar refractivity (Wildman–Crippen MR) is 71.3 cm³/mol. The molecule has 90 valence electrons. The Kier molecular flexibility index (Phi) is 13.5. The number of hydrogen-bond acceptors (Lipinski definition) is 0. The lowest BCUT2D eigenvalue weighted by Gasteiger charge is -2.01. The van der Waals surface area contributed by atoms with Gasteiger partial charge >= 0.3 is 0 Å². The van der Waals surface area contributed by atoms with Crippen molar-refractivity contribution in [2.75, 3.05) is 0 Å². The van der Waals surface area contributed by atoms with Crippen LogP contribution in [0.5, 0.6) is 0 Å². The van der Waals surface area contributed by atoms with Gasteiger partial charge in [-0.2, -0.15) is 0 Å². The zero-order valence-electron chi connectivity index (χ0n) is 10.9. The highest BCUT2D eigenvalue weighted by molar-refractivity contribution is 4.76. The average Bonchev–Trinajstić information content (AvgIpc) is 2.26. The van der Waals surface area contributed by atoms with Crippen LogP contribution in [0, 0.1) is 0 Å². The Bertz CT molecular complexity index is 124. The summed E-state index contributed by atoms with van der Waals surface area (Å²) < 4.78 is 0. The van der Waals surface area contributed by atoms with Gasteiger partial charge in [0.25, 0.3) is 0 Å². The summed E-state index contributed by atoms with van der Waals surface area (Å²) in [4.78, 5) is 0. The molecule has 0 atom stereocenters. The summed E-state index contributed by atoms with van der Waals surface area (Å²) in [7, 11) is 0. The quantitative estimate of drug-likeness (QED) is 0.295. The molecule has 0 aromatic heterocycles. The first-order chi connectivity index (χ1) is 7.41. The van der Waals surface area contributed by atoms with E-state index in [9.17, 15) is 0 Å². The summed E-state index contributed by atoms with van der Waals surface area (Å²) in [5.74, 6) is 0. The molecule has 0 rings (SSSR count). The zero-order chi connectivity index (χ0) is 11.2. The summed E-state index contributed by atoms with van der Waals surface area (Å²) in [6, 6.07) is 0. The molecule has 0 aliphatic carbocycles. The van der Waals surface area contributed by atoms with Gasteiger partial charge in [-0.25, -0.2) is 0 Å². The van der Waals surface area contributed by atoms with Gasteiger partial charge in [0.05, 0.1) is 0 Å². The van der Waals surface area contributed by atoms with Gasteiger partial charge in [0.15, 0.2) is 0 Å². The topological polar surface area (TPSA) is 0 Å². The molecule has 0 fully saturated rings. The predicted octanol–water partition coefficient (Wildman–Crippen LogP) is 5.87. The smallest absolute Gasteiger partial charge is 0.0351 e. The molecular weight excluding hydrogens is 180 g/mol. The highest BCUT2D eigenvalue weighted by atomic mass is 14.0. The Hall–Kier alpha value is -0.260. The monoisotopic (exact) mass is 210 g/mol. The van der Waals surface area contributed by atoms with Gasteiger partial charge in [-0.15, -0.1) is 0 Å². The Labute approximate surface area is 97.2 Å². The van der Waals surface area contributed by atoms with Crippen LogP contribution in [-0.2, 0) is 0 Å². The van der Waals surface area contributed by atoms with Crippen LogP contribution < -0.4 is 0 Å². The van der Waals surface area contributed by atoms with Crippen molar-refractivity contribution in [3.63, 3.8) is 0 Å². The van der Waals surface area contributed by atoms with Crippen LogP contribution in [0.2, 0.25) is 0 Å². The van der Waals surface area contributed by atoms with E-state index in [2.05, 4.69) is 26.0 Å². The van der Waals surface area contributed by atoms with E-state index in [0.29, 0.717) is 0 Å². The zero-order valence-corrected chi connectivity index (χ0v) is 10.9. The van der Waals surface area contributed by atoms with Gasteiger partial charge in [0, 0.05) is 0 Å². The fraction of sp³-hybridized carbons (Fsp3) is 0.867. The molecule has 0 bridgehead atoms. The third-order valence-electron chi connectivity index (χ3n) is 2.96. The summed E-state index contributed by atoms with van der Waals surface area (Å²) >= 11 is 0. The molecule has 0 aliphatic rings. The molecule has 0 spiro atoms. The number of unbranched alkanes of at least 4 members (excludes halogenated alkanes) is 10. The van der Waals surface area contributed by atoms with Crippen molar-refractivity contribution in [3.05, 3.63) is 12.2 Å². The highest BCUT2D eigenvalue weighted by Crippen LogP contribution is 2.11. The van der Waals surface area contributed by atoms with E-state index in [1.807, 2.05) is 0 Å². The van der Waals surface area contributed by atoms with Crippen LogP contribution in [0.3, 0.4) is 0 Å². The molecular formula is C15H30. The largest absolute Gasteiger partial charge is 0.0917 e. The second kappa shape index (κ2) is 13.7. The second-order valence-electron chi connectivity index (χ2n) is 4.54. The van der Waals surface area contributed by atoms with Gasteiger partial charge in [0.1, 0.15) is 0 Å². The number of rotatable bonds is 11. The maximum atomic E-state index is 2.28. The first kappa shape index (κ1) is 14.7. The minimum atomic E-state index is 1.28. The first-order valence-electron chi connectivity index (χ1n) is 7.03. The Morgan fingerprint density at radius 1 is 0.667 bits per heavy atom. The highest BCUT2D eigenvalue weighted by Gasteiger charge is 1.91. The lowest BCUT2D eigenvalue weighted by Crippen LogP contribution is -1.81. The fourth-order valence-electron chi connectivity index (χ4n) is 1.92. The molecule has 0 heteroatoms. The summed E-state index contributed by atoms with van der Waals surface area (Å²) in [5.41, 5.74) is 0. The molecule has 0 aromatic carbocycles. The van der Waals surface area contributed by atoms with Crippen molar-refractivity contribution in [2.24, 2.45) is 0 Å². The molecule has 0 aromatic rings. The summed E-state index contributed by atoms with van der Waals surface area (Å²) in [5, 5.41) is 0. The maximum absolute atomic E-state index is 2.28. The lowest BCUT2D eigenvalue weighted by molar-refractivity contribution is 0.557. The summed E-state index contributed by atoms with van der Waals surface area (Å²) in [6.45, 7) is 4.39. The van der Waals surface area contributed by atoms with E-state index in [-0.39, 0.29) is 0 Å². The molecule has 15 heavy (non-hydrogen) atoms. The Balaban J connectivity index is 2.86. The second-order valence-corrected chi connectivity index (χ2v) is 4.54. The van der Waals surface area contributed by atoms with Crippen molar-refractivity contribution in [1.82, 2.24) is 0 Å². The third kappa shape index (κ3) is 13.7. The molecule has 0 aliphatic heterocycles. The maximum Gasteiger partial charge on any atom is -0.0351 e. The van der Waals surface area contributed by atoms with Crippen molar-refractivity contribution in [2.45, 2.75) is 84.5 Å². The first-order valence-corrected chi connectivity index (χ1v) is 7.03. The van der Waals surface area contributed by atoms with Crippen LogP contribution in [-0.4, -0.2) is 0 Å². The minimum Gasteiger partial charge on any atom is -0.0917 e. The van der Waals surface area contributed by atoms with Crippen molar-refractivity contribution < 1.29 is 0 Å². The molecule has 0 heterocycles. The van der Waals surface area contributed by atoms with Crippen molar-refractivity contribution in [3.8, 4) is 0 Å². The normalized spacial score (nSPS) is 11.3. The van der Waals surface area contributed by atoms with Gasteiger partial charge < -0.3 is 0 Å². The Morgan fingerprint density at radius 3 is 1.60 bits per heavy atom. The molecule has 0 amide bonds. The van der Waals surface area contributed by atoms with Crippen LogP contribution in [0.15, 0.2) is 12.2 Å². The summed E-state index contributed by atoms with van der Waals surface area (Å²) in [6.07, 6.45) is 20.1. The molecule has 0 unspecified atom stereocenters. The molecule has 0 radical (unpaired) electrons. The van der Waals surface area contributed by atoms with Gasteiger partial charge in [-0.3, -0.25) is 0 Å². The standard InChI is InChI=1S/C15H30/c1-3-5-7-9-11-13-15-14-12-10-8-6-4-2/h3,5H,4,6-15H2,1-2H3. The molecule has 0 nitrogen and oxygen atoms in total. The molecule has 0 saturated carbocycles. The van der Waals surface area contributed by atoms with E-state index in [1.54, 1.807) is 0 Å². The van der Waals surface area contributed by atoms with E-state index in [0.717, 1.165) is 0 Å². The van der Waals surface area contributed by atoms with E-state index in [4.69, 9.17) is 0 Å². The van der Waals surface area contributed by atoms with E-state index < -0.39 is 0 Å². The van der Waals surface area contributed by atoms with Gasteiger partial charge in [-0.05, 0) is 19.8 Å². The van der Waals surface area contributed by atoms with E-state index in [1.165, 1.54) is 70.6 Å².